The molecule has 1 aromatic heterocycles. The molecule has 0 saturated carbocycles. The van der Waals surface area contributed by atoms with Crippen LogP contribution in [0, 0.1) is 0 Å². The quantitative estimate of drug-likeness (QED) is 0.908. The molecule has 2 rings (SSSR count). The number of hydrogen-bond acceptors (Lipinski definition) is 2. The second-order valence-corrected chi connectivity index (χ2v) is 5.57. The van der Waals surface area contributed by atoms with E-state index in [0.717, 1.165) is 11.1 Å². The van der Waals surface area contributed by atoms with Gasteiger partial charge in [0.05, 0.1) is 6.20 Å². The molecule has 3 nitrogen and oxygen atoms in total. The molecule has 1 aromatic carbocycles. The molecule has 3 heteroatoms. The average molecular weight is 258 g/mol. The predicted octanol–water partition coefficient (Wildman–Crippen LogP) is 3.67. The first kappa shape index (κ1) is 13.8. The third kappa shape index (κ3) is 3.04. The van der Waals surface area contributed by atoms with Crippen LogP contribution in [0.2, 0.25) is 0 Å². The number of aliphatic hydroxyl groups is 1. The van der Waals surface area contributed by atoms with Crippen molar-refractivity contribution in [2.24, 2.45) is 0 Å². The van der Waals surface area contributed by atoms with Gasteiger partial charge in [0.15, 0.2) is 0 Å². The molecule has 0 spiro atoms. The Morgan fingerprint density at radius 2 is 1.53 bits per heavy atom. The summed E-state index contributed by atoms with van der Waals surface area (Å²) in [7, 11) is 0. The van der Waals surface area contributed by atoms with Crippen molar-refractivity contribution in [3.63, 3.8) is 0 Å². The van der Waals surface area contributed by atoms with Crippen molar-refractivity contribution >= 4 is 0 Å². The molecule has 0 aliphatic carbocycles. The molecule has 0 radical (unpaired) electrons. The zero-order valence-corrected chi connectivity index (χ0v) is 12.0. The Kier molecular flexibility index (Phi) is 4.05. The van der Waals surface area contributed by atoms with Gasteiger partial charge in [-0.05, 0) is 30.9 Å². The number of aromatic nitrogens is 2. The van der Waals surface area contributed by atoms with Crippen LogP contribution in [-0.4, -0.2) is 14.9 Å². The maximum Gasteiger partial charge on any atom is 0.107 e. The molecule has 0 bridgehead atoms. The van der Waals surface area contributed by atoms with E-state index >= 15 is 0 Å². The monoisotopic (exact) mass is 258 g/mol. The molecular formula is C16H22N2O. The normalized spacial score (nSPS) is 13.2. The van der Waals surface area contributed by atoms with E-state index in [1.54, 1.807) is 6.20 Å². The smallest absolute Gasteiger partial charge is 0.107 e. The minimum Gasteiger partial charge on any atom is -0.384 e. The standard InChI is InChI=1S/C16H22N2O/c1-11(2)13-5-7-14(8-6-13)16(19)15-9-17-18(10-15)12(3)4/h5-12,16,19H,1-4H3. The molecule has 102 valence electrons. The minimum atomic E-state index is -0.603. The first-order valence-corrected chi connectivity index (χ1v) is 6.81. The van der Waals surface area contributed by atoms with E-state index < -0.39 is 6.10 Å². The number of benzene rings is 1. The van der Waals surface area contributed by atoms with E-state index in [4.69, 9.17) is 0 Å². The summed E-state index contributed by atoms with van der Waals surface area (Å²) in [6.07, 6.45) is 3.04. The molecule has 0 saturated heterocycles. The average Bonchev–Trinajstić information content (AvgIpc) is 2.87. The Morgan fingerprint density at radius 3 is 2.00 bits per heavy atom. The third-order valence-corrected chi connectivity index (χ3v) is 3.39. The SMILES string of the molecule is CC(C)c1ccc(C(O)c2cnn(C(C)C)c2)cc1. The highest BCUT2D eigenvalue weighted by molar-refractivity contribution is 5.31. The fraction of sp³-hybridized carbons (Fsp3) is 0.438. The molecule has 0 amide bonds. The number of hydrogen-bond donors (Lipinski definition) is 1. The van der Waals surface area contributed by atoms with Crippen LogP contribution in [0.1, 0.15) is 62.4 Å². The van der Waals surface area contributed by atoms with Crippen LogP contribution in [0.25, 0.3) is 0 Å². The largest absolute Gasteiger partial charge is 0.384 e. The van der Waals surface area contributed by atoms with E-state index in [1.165, 1.54) is 5.56 Å². The second kappa shape index (κ2) is 5.57. The molecule has 0 fully saturated rings. The first-order chi connectivity index (χ1) is 8.99. The van der Waals surface area contributed by atoms with Crippen molar-refractivity contribution in [3.8, 4) is 0 Å². The number of rotatable bonds is 4. The highest BCUT2D eigenvalue weighted by atomic mass is 16.3. The van der Waals surface area contributed by atoms with Crippen molar-refractivity contribution in [2.45, 2.75) is 45.8 Å². The Morgan fingerprint density at radius 1 is 0.947 bits per heavy atom. The fourth-order valence-electron chi connectivity index (χ4n) is 2.03. The first-order valence-electron chi connectivity index (χ1n) is 6.81. The van der Waals surface area contributed by atoms with Crippen LogP contribution in [0.5, 0.6) is 0 Å². The van der Waals surface area contributed by atoms with E-state index in [0.29, 0.717) is 12.0 Å². The van der Waals surface area contributed by atoms with Crippen LogP contribution in [-0.2, 0) is 0 Å². The van der Waals surface area contributed by atoms with Crippen molar-refractivity contribution < 1.29 is 5.11 Å². The molecular weight excluding hydrogens is 236 g/mol. The van der Waals surface area contributed by atoms with E-state index in [-0.39, 0.29) is 0 Å². The summed E-state index contributed by atoms with van der Waals surface area (Å²) in [5, 5.41) is 14.6. The van der Waals surface area contributed by atoms with Gasteiger partial charge in [0.1, 0.15) is 6.10 Å². The Hall–Kier alpha value is -1.61. The van der Waals surface area contributed by atoms with Gasteiger partial charge >= 0.3 is 0 Å². The van der Waals surface area contributed by atoms with Gasteiger partial charge in [-0.2, -0.15) is 5.10 Å². The molecule has 1 heterocycles. The number of aliphatic hydroxyl groups excluding tert-OH is 1. The lowest BCUT2D eigenvalue weighted by atomic mass is 9.98. The molecule has 0 aliphatic rings. The molecule has 1 N–H and O–H groups in total. The van der Waals surface area contributed by atoms with Crippen molar-refractivity contribution in [3.05, 3.63) is 53.3 Å². The van der Waals surface area contributed by atoms with Crippen LogP contribution >= 0.6 is 0 Å². The lowest BCUT2D eigenvalue weighted by molar-refractivity contribution is 0.220. The van der Waals surface area contributed by atoms with Gasteiger partial charge in [0.2, 0.25) is 0 Å². The van der Waals surface area contributed by atoms with E-state index in [1.807, 2.05) is 23.0 Å². The lowest BCUT2D eigenvalue weighted by Gasteiger charge is -2.11. The Bertz CT molecular complexity index is 526. The van der Waals surface area contributed by atoms with E-state index in [2.05, 4.69) is 44.9 Å². The van der Waals surface area contributed by atoms with Crippen LogP contribution < -0.4 is 0 Å². The minimum absolute atomic E-state index is 0.310. The van der Waals surface area contributed by atoms with Gasteiger partial charge < -0.3 is 5.11 Å². The summed E-state index contributed by atoms with van der Waals surface area (Å²) in [5.74, 6) is 0.509. The Balaban J connectivity index is 2.20. The second-order valence-electron chi connectivity index (χ2n) is 5.57. The summed E-state index contributed by atoms with van der Waals surface area (Å²) in [6.45, 7) is 8.47. The molecule has 2 aromatic rings. The fourth-order valence-corrected chi connectivity index (χ4v) is 2.03. The van der Waals surface area contributed by atoms with Gasteiger partial charge in [-0.25, -0.2) is 0 Å². The highest BCUT2D eigenvalue weighted by Crippen LogP contribution is 2.24. The predicted molar refractivity (Wildman–Crippen MR) is 77.2 cm³/mol. The van der Waals surface area contributed by atoms with Crippen molar-refractivity contribution in [1.82, 2.24) is 9.78 Å². The molecule has 19 heavy (non-hydrogen) atoms. The van der Waals surface area contributed by atoms with Crippen LogP contribution in [0.4, 0.5) is 0 Å². The van der Waals surface area contributed by atoms with Gasteiger partial charge in [0, 0.05) is 17.8 Å². The van der Waals surface area contributed by atoms with Crippen LogP contribution in [0.3, 0.4) is 0 Å². The van der Waals surface area contributed by atoms with Crippen LogP contribution in [0.15, 0.2) is 36.7 Å². The molecule has 1 atom stereocenters. The van der Waals surface area contributed by atoms with Crippen molar-refractivity contribution in [1.29, 1.82) is 0 Å². The number of nitrogens with zero attached hydrogens (tertiary/aromatic N) is 2. The topological polar surface area (TPSA) is 38.1 Å². The maximum atomic E-state index is 10.4. The van der Waals surface area contributed by atoms with E-state index in [9.17, 15) is 5.11 Å². The zero-order chi connectivity index (χ0) is 14.0. The highest BCUT2D eigenvalue weighted by Gasteiger charge is 2.13. The molecule has 1 unspecified atom stereocenters. The van der Waals surface area contributed by atoms with Crippen molar-refractivity contribution in [2.75, 3.05) is 0 Å². The summed E-state index contributed by atoms with van der Waals surface area (Å²) >= 11 is 0. The van der Waals surface area contributed by atoms with Gasteiger partial charge in [-0.1, -0.05) is 38.1 Å². The summed E-state index contributed by atoms with van der Waals surface area (Å²) in [4.78, 5) is 0. The van der Waals surface area contributed by atoms with Gasteiger partial charge in [0.25, 0.3) is 0 Å². The molecule has 0 aliphatic heterocycles. The maximum absolute atomic E-state index is 10.4. The summed E-state index contributed by atoms with van der Waals surface area (Å²) in [5.41, 5.74) is 3.03. The summed E-state index contributed by atoms with van der Waals surface area (Å²) in [6, 6.07) is 8.45. The zero-order valence-electron chi connectivity index (χ0n) is 12.0. The van der Waals surface area contributed by atoms with Gasteiger partial charge in [-0.3, -0.25) is 4.68 Å². The van der Waals surface area contributed by atoms with Gasteiger partial charge in [-0.15, -0.1) is 0 Å². The Labute approximate surface area is 114 Å². The third-order valence-electron chi connectivity index (χ3n) is 3.39. The lowest BCUT2D eigenvalue weighted by Crippen LogP contribution is -2.01. The summed E-state index contributed by atoms with van der Waals surface area (Å²) < 4.78 is 1.86.